The first-order valence-electron chi connectivity index (χ1n) is 5.71. The van der Waals surface area contributed by atoms with Crippen molar-refractivity contribution in [3.8, 4) is 16.9 Å². The average molecular weight is 330 g/mol. The van der Waals surface area contributed by atoms with Crippen molar-refractivity contribution in [3.63, 3.8) is 0 Å². The number of benzene rings is 2. The molecule has 0 saturated carbocycles. The first-order chi connectivity index (χ1) is 9.77. The molecule has 21 heavy (non-hydrogen) atoms. The van der Waals surface area contributed by atoms with Gasteiger partial charge in [-0.05, 0) is 11.6 Å². The Morgan fingerprint density at radius 2 is 1.38 bits per heavy atom. The molecule has 9 heteroatoms. The summed E-state index contributed by atoms with van der Waals surface area (Å²) in [7, 11) is -10.1. The molecule has 0 spiro atoms. The van der Waals surface area contributed by atoms with Gasteiger partial charge in [-0.2, -0.15) is 4.31 Å². The number of phosphoric acid groups is 2. The lowest BCUT2D eigenvalue weighted by atomic mass is 10.1. The van der Waals surface area contributed by atoms with E-state index < -0.39 is 15.6 Å². The molecule has 0 aliphatic heterocycles. The van der Waals surface area contributed by atoms with E-state index in [-0.39, 0.29) is 5.75 Å². The monoisotopic (exact) mass is 330 g/mol. The normalized spacial score (nSPS) is 14.4. The summed E-state index contributed by atoms with van der Waals surface area (Å²) in [4.78, 5) is 26.6. The van der Waals surface area contributed by atoms with E-state index in [0.717, 1.165) is 0 Å². The molecule has 0 aliphatic carbocycles. The first kappa shape index (κ1) is 15.9. The van der Waals surface area contributed by atoms with Gasteiger partial charge in [-0.25, -0.2) is 9.13 Å². The average Bonchev–Trinajstić information content (AvgIpc) is 2.37. The summed E-state index contributed by atoms with van der Waals surface area (Å²) >= 11 is 0. The molecule has 0 fully saturated rings. The van der Waals surface area contributed by atoms with Crippen LogP contribution in [-0.4, -0.2) is 14.7 Å². The Morgan fingerprint density at radius 1 is 0.810 bits per heavy atom. The number of hydrogen-bond acceptors (Lipinski definition) is 4. The summed E-state index contributed by atoms with van der Waals surface area (Å²) in [6, 6.07) is 15.2. The molecule has 0 bridgehead atoms. The van der Waals surface area contributed by atoms with Crippen molar-refractivity contribution in [2.24, 2.45) is 0 Å². The van der Waals surface area contributed by atoms with E-state index >= 15 is 0 Å². The van der Waals surface area contributed by atoms with Crippen LogP contribution in [0.3, 0.4) is 0 Å². The molecule has 1 atom stereocenters. The van der Waals surface area contributed by atoms with E-state index in [0.29, 0.717) is 11.1 Å². The van der Waals surface area contributed by atoms with Gasteiger partial charge in [0.15, 0.2) is 0 Å². The Hall–Kier alpha value is -1.46. The zero-order valence-corrected chi connectivity index (χ0v) is 12.4. The van der Waals surface area contributed by atoms with E-state index in [4.69, 9.17) is 14.3 Å². The van der Waals surface area contributed by atoms with Crippen LogP contribution in [0, 0.1) is 0 Å². The molecular formula is C12H12O7P2. The molecule has 0 aliphatic rings. The molecular weight excluding hydrogens is 318 g/mol. The van der Waals surface area contributed by atoms with Crippen LogP contribution in [0.2, 0.25) is 0 Å². The van der Waals surface area contributed by atoms with E-state index in [2.05, 4.69) is 4.31 Å². The minimum Gasteiger partial charge on any atom is -0.403 e. The van der Waals surface area contributed by atoms with E-state index in [1.807, 2.05) is 0 Å². The van der Waals surface area contributed by atoms with Gasteiger partial charge in [0.2, 0.25) is 0 Å². The van der Waals surface area contributed by atoms with Crippen molar-refractivity contribution in [1.29, 1.82) is 0 Å². The highest BCUT2D eigenvalue weighted by atomic mass is 31.3. The van der Waals surface area contributed by atoms with Crippen LogP contribution in [-0.2, 0) is 13.4 Å². The highest BCUT2D eigenvalue weighted by Crippen LogP contribution is 2.58. The Bertz CT molecular complexity index is 711. The lowest BCUT2D eigenvalue weighted by molar-refractivity contribution is 0.229. The largest absolute Gasteiger partial charge is 0.536 e. The Morgan fingerprint density at radius 3 is 2.00 bits per heavy atom. The summed E-state index contributed by atoms with van der Waals surface area (Å²) in [5.74, 6) is -0.0250. The van der Waals surface area contributed by atoms with Gasteiger partial charge in [0, 0.05) is 5.56 Å². The molecule has 2 aromatic carbocycles. The molecule has 0 heterocycles. The third-order valence-corrected chi connectivity index (χ3v) is 4.50. The number of rotatable bonds is 5. The van der Waals surface area contributed by atoms with Gasteiger partial charge in [0.05, 0.1) is 0 Å². The molecule has 0 aromatic heterocycles. The highest BCUT2D eigenvalue weighted by molar-refractivity contribution is 7.60. The quantitative estimate of drug-likeness (QED) is 0.722. The fourth-order valence-electron chi connectivity index (χ4n) is 1.68. The fraction of sp³-hybridized carbons (Fsp3) is 0. The second kappa shape index (κ2) is 6.12. The standard InChI is InChI=1S/C12H12O7P2/c13-20(14,15)19-21(16,17)18-12-9-5-4-8-11(12)10-6-2-1-3-7-10/h1-9H,(H,16,17)(H2,13,14,15). The van der Waals surface area contributed by atoms with Crippen LogP contribution >= 0.6 is 15.6 Å². The predicted molar refractivity (Wildman–Crippen MR) is 75.5 cm³/mol. The molecule has 0 radical (unpaired) electrons. The van der Waals surface area contributed by atoms with Crippen LogP contribution in [0.25, 0.3) is 11.1 Å². The first-order valence-corrected chi connectivity index (χ1v) is 8.73. The summed E-state index contributed by atoms with van der Waals surface area (Å²) in [5.41, 5.74) is 1.20. The smallest absolute Gasteiger partial charge is 0.403 e. The van der Waals surface area contributed by atoms with Gasteiger partial charge in [-0.15, -0.1) is 0 Å². The van der Waals surface area contributed by atoms with Gasteiger partial charge in [-0.3, -0.25) is 4.89 Å². The number of phosphoric ester groups is 1. The van der Waals surface area contributed by atoms with Crippen molar-refractivity contribution in [3.05, 3.63) is 54.6 Å². The Labute approximate surface area is 120 Å². The summed E-state index contributed by atoms with van der Waals surface area (Å²) in [5, 5.41) is 0. The maximum absolute atomic E-state index is 11.6. The van der Waals surface area contributed by atoms with Crippen molar-refractivity contribution in [2.75, 3.05) is 0 Å². The number of para-hydroxylation sites is 1. The molecule has 1 unspecified atom stereocenters. The van der Waals surface area contributed by atoms with Crippen molar-refractivity contribution >= 4 is 15.6 Å². The Kier molecular flexibility index (Phi) is 4.64. The zero-order valence-electron chi connectivity index (χ0n) is 10.6. The number of hydrogen-bond donors (Lipinski definition) is 3. The lowest BCUT2D eigenvalue weighted by Crippen LogP contribution is -1.97. The molecule has 0 saturated heterocycles. The lowest BCUT2D eigenvalue weighted by Gasteiger charge is -2.15. The van der Waals surface area contributed by atoms with Gasteiger partial charge in [0.25, 0.3) is 0 Å². The van der Waals surface area contributed by atoms with Gasteiger partial charge in [0.1, 0.15) is 5.75 Å². The van der Waals surface area contributed by atoms with Crippen molar-refractivity contribution < 1.29 is 32.6 Å². The fourth-order valence-corrected chi connectivity index (χ4v) is 3.29. The van der Waals surface area contributed by atoms with Crippen LogP contribution in [0.4, 0.5) is 0 Å². The minimum absolute atomic E-state index is 0.0250. The molecule has 112 valence electrons. The topological polar surface area (TPSA) is 113 Å². The molecule has 7 nitrogen and oxygen atoms in total. The molecule has 2 aromatic rings. The molecule has 0 amide bonds. The second-order valence-electron chi connectivity index (χ2n) is 3.99. The highest BCUT2D eigenvalue weighted by Gasteiger charge is 2.34. The van der Waals surface area contributed by atoms with Crippen LogP contribution in [0.1, 0.15) is 0 Å². The van der Waals surface area contributed by atoms with Gasteiger partial charge >= 0.3 is 15.6 Å². The maximum atomic E-state index is 11.6. The summed E-state index contributed by atoms with van der Waals surface area (Å²) in [6.45, 7) is 0. The van der Waals surface area contributed by atoms with Gasteiger partial charge < -0.3 is 14.3 Å². The predicted octanol–water partition coefficient (Wildman–Crippen LogP) is 2.94. The van der Waals surface area contributed by atoms with Gasteiger partial charge in [-0.1, -0.05) is 48.5 Å². The maximum Gasteiger partial charge on any atom is 0.536 e. The van der Waals surface area contributed by atoms with Crippen LogP contribution in [0.5, 0.6) is 5.75 Å². The summed E-state index contributed by atoms with van der Waals surface area (Å²) in [6.07, 6.45) is 0. The van der Waals surface area contributed by atoms with E-state index in [1.165, 1.54) is 6.07 Å². The SMILES string of the molecule is O=P(O)(O)OP(=O)(O)Oc1ccccc1-c1ccccc1. The summed E-state index contributed by atoms with van der Waals surface area (Å²) < 4.78 is 30.8. The van der Waals surface area contributed by atoms with E-state index in [9.17, 15) is 14.0 Å². The molecule has 3 N–H and O–H groups in total. The van der Waals surface area contributed by atoms with E-state index in [1.54, 1.807) is 48.5 Å². The zero-order chi connectivity index (χ0) is 15.5. The van der Waals surface area contributed by atoms with Crippen LogP contribution in [0.15, 0.2) is 54.6 Å². The minimum atomic E-state index is -5.15. The molecule has 2 rings (SSSR count). The van der Waals surface area contributed by atoms with Crippen molar-refractivity contribution in [1.82, 2.24) is 0 Å². The van der Waals surface area contributed by atoms with Crippen molar-refractivity contribution in [2.45, 2.75) is 0 Å². The second-order valence-corrected chi connectivity index (χ2v) is 6.75. The third-order valence-electron chi connectivity index (χ3n) is 2.40. The van der Waals surface area contributed by atoms with Crippen LogP contribution < -0.4 is 4.52 Å². The third kappa shape index (κ3) is 4.79. The Balaban J connectivity index is 2.34.